The predicted octanol–water partition coefficient (Wildman–Crippen LogP) is 7.84. The molecular formula is C34H40O6. The van der Waals surface area contributed by atoms with E-state index in [1.54, 1.807) is 0 Å². The third-order valence-corrected chi connectivity index (χ3v) is 6.44. The lowest BCUT2D eigenvalue weighted by Crippen LogP contribution is -2.02. The van der Waals surface area contributed by atoms with Crippen LogP contribution in [0, 0.1) is 0 Å². The predicted molar refractivity (Wildman–Crippen MR) is 160 cm³/mol. The second-order valence-corrected chi connectivity index (χ2v) is 9.52. The third kappa shape index (κ3) is 11.0. The van der Waals surface area contributed by atoms with E-state index in [-0.39, 0.29) is 11.9 Å². The maximum atomic E-state index is 11.0. The molecule has 0 unspecified atom stereocenters. The van der Waals surface area contributed by atoms with Gasteiger partial charge in [-0.25, -0.2) is 9.59 Å². The molecule has 0 saturated heterocycles. The molecule has 0 N–H and O–H groups in total. The van der Waals surface area contributed by atoms with Crippen LogP contribution < -0.4 is 9.47 Å². The van der Waals surface area contributed by atoms with E-state index < -0.39 is 0 Å². The van der Waals surface area contributed by atoms with Crippen molar-refractivity contribution in [3.05, 3.63) is 86.0 Å². The maximum Gasteiger partial charge on any atom is 0.330 e. The lowest BCUT2D eigenvalue weighted by Gasteiger charge is -2.10. The second-order valence-electron chi connectivity index (χ2n) is 9.52. The van der Waals surface area contributed by atoms with Crippen molar-refractivity contribution in [1.82, 2.24) is 0 Å². The van der Waals surface area contributed by atoms with Crippen molar-refractivity contribution < 1.29 is 28.5 Å². The molecule has 6 nitrogen and oxygen atoms in total. The second kappa shape index (κ2) is 17.5. The Hall–Kier alpha value is -4.06. The lowest BCUT2D eigenvalue weighted by atomic mass is 10.0. The number of hydrogen-bond donors (Lipinski definition) is 0. The van der Waals surface area contributed by atoms with Gasteiger partial charge in [0, 0.05) is 12.2 Å². The smallest absolute Gasteiger partial charge is 0.330 e. The van der Waals surface area contributed by atoms with Crippen LogP contribution in [0.25, 0.3) is 21.9 Å². The summed E-state index contributed by atoms with van der Waals surface area (Å²) in [6, 6.07) is 20.9. The van der Waals surface area contributed by atoms with Gasteiger partial charge in [-0.2, -0.15) is 0 Å². The van der Waals surface area contributed by atoms with Gasteiger partial charge >= 0.3 is 11.9 Å². The lowest BCUT2D eigenvalue weighted by molar-refractivity contribution is -0.138. The number of benzene rings is 3. The van der Waals surface area contributed by atoms with E-state index >= 15 is 0 Å². The fraction of sp³-hybridized carbons (Fsp3) is 0.353. The van der Waals surface area contributed by atoms with Crippen LogP contribution >= 0.6 is 0 Å². The van der Waals surface area contributed by atoms with Gasteiger partial charge in [0.1, 0.15) is 11.5 Å². The first-order valence-electron chi connectivity index (χ1n) is 14.1. The highest BCUT2D eigenvalue weighted by molar-refractivity contribution is 5.88. The minimum Gasteiger partial charge on any atom is -0.494 e. The maximum absolute atomic E-state index is 11.0. The van der Waals surface area contributed by atoms with Crippen LogP contribution in [0.2, 0.25) is 0 Å². The Morgan fingerprint density at radius 1 is 0.525 bits per heavy atom. The zero-order valence-corrected chi connectivity index (χ0v) is 23.3. The Kier molecular flexibility index (Phi) is 13.3. The summed E-state index contributed by atoms with van der Waals surface area (Å²) in [5.74, 6) is 1.01. The first-order chi connectivity index (χ1) is 19.6. The number of fused-ring (bicyclic) bond motifs is 1. The molecule has 0 radical (unpaired) electrons. The van der Waals surface area contributed by atoms with Gasteiger partial charge in [0.2, 0.25) is 0 Å². The average molecular weight is 545 g/mol. The third-order valence-electron chi connectivity index (χ3n) is 6.44. The minimum atomic E-state index is -0.364. The van der Waals surface area contributed by atoms with Crippen molar-refractivity contribution in [1.29, 1.82) is 0 Å². The van der Waals surface area contributed by atoms with E-state index in [0.29, 0.717) is 26.4 Å². The molecule has 0 aliphatic carbocycles. The van der Waals surface area contributed by atoms with Crippen LogP contribution in [0.15, 0.2) is 86.0 Å². The Balaban J connectivity index is 1.36. The molecule has 212 valence electrons. The Morgan fingerprint density at radius 2 is 0.975 bits per heavy atom. The molecule has 0 spiro atoms. The molecule has 3 aromatic rings. The van der Waals surface area contributed by atoms with Crippen molar-refractivity contribution >= 4 is 22.7 Å². The molecule has 0 aliphatic rings. The van der Waals surface area contributed by atoms with E-state index in [1.807, 2.05) is 18.2 Å². The molecule has 3 aromatic carbocycles. The van der Waals surface area contributed by atoms with Gasteiger partial charge < -0.3 is 18.9 Å². The van der Waals surface area contributed by atoms with Gasteiger partial charge in [-0.3, -0.25) is 0 Å². The quantitative estimate of drug-likeness (QED) is 0.0870. The van der Waals surface area contributed by atoms with Crippen LogP contribution in [-0.4, -0.2) is 38.4 Å². The summed E-state index contributed by atoms with van der Waals surface area (Å²) in [5.41, 5.74) is 2.30. The summed E-state index contributed by atoms with van der Waals surface area (Å²) in [7, 11) is 0. The van der Waals surface area contributed by atoms with E-state index in [2.05, 4.69) is 55.6 Å². The Morgan fingerprint density at radius 3 is 1.55 bits per heavy atom. The molecule has 0 atom stereocenters. The van der Waals surface area contributed by atoms with Crippen molar-refractivity contribution in [3.63, 3.8) is 0 Å². The van der Waals surface area contributed by atoms with Crippen LogP contribution in [0.5, 0.6) is 11.5 Å². The molecule has 0 fully saturated rings. The topological polar surface area (TPSA) is 71.1 Å². The van der Waals surface area contributed by atoms with Gasteiger partial charge in [0.15, 0.2) is 0 Å². The highest BCUT2D eigenvalue weighted by Crippen LogP contribution is 2.28. The Labute approximate surface area is 237 Å². The van der Waals surface area contributed by atoms with Crippen molar-refractivity contribution in [3.8, 4) is 22.6 Å². The van der Waals surface area contributed by atoms with Crippen molar-refractivity contribution in [2.45, 2.75) is 51.4 Å². The Bertz CT molecular complexity index is 1230. The summed E-state index contributed by atoms with van der Waals surface area (Å²) in [6.45, 7) is 8.98. The van der Waals surface area contributed by atoms with E-state index in [4.69, 9.17) is 18.9 Å². The minimum absolute atomic E-state index is 0.364. The molecule has 0 aromatic heterocycles. The van der Waals surface area contributed by atoms with Crippen LogP contribution in [-0.2, 0) is 19.1 Å². The fourth-order valence-corrected chi connectivity index (χ4v) is 4.20. The molecule has 6 heteroatoms. The molecule has 0 aliphatic heterocycles. The van der Waals surface area contributed by atoms with E-state index in [9.17, 15) is 9.59 Å². The zero-order chi connectivity index (χ0) is 28.4. The first-order valence-corrected chi connectivity index (χ1v) is 14.1. The number of unbranched alkanes of at least 4 members (excludes halogenated alkanes) is 6. The van der Waals surface area contributed by atoms with Crippen LogP contribution in [0.1, 0.15) is 51.4 Å². The molecule has 0 saturated carbocycles. The number of carbonyl (C=O) groups excluding carboxylic acids is 2. The van der Waals surface area contributed by atoms with Crippen molar-refractivity contribution in [2.75, 3.05) is 26.4 Å². The number of rotatable bonds is 19. The highest BCUT2D eigenvalue weighted by Gasteiger charge is 2.04. The standard InChI is InChI=1S/C34H40O6/c1-3-33(35)39-23-11-7-5-9-21-37-31-18-15-27(16-19-31)28-13-14-30-26-32(20-17-29(30)25-28)38-22-10-6-8-12-24-40-34(36)4-2/h3-4,13-20,25-26H,1-2,5-12,21-24H2. The van der Waals surface area contributed by atoms with Crippen LogP contribution in [0.4, 0.5) is 0 Å². The molecular weight excluding hydrogens is 504 g/mol. The summed E-state index contributed by atoms with van der Waals surface area (Å²) in [5, 5.41) is 2.31. The summed E-state index contributed by atoms with van der Waals surface area (Å²) in [4.78, 5) is 22.0. The van der Waals surface area contributed by atoms with Crippen LogP contribution in [0.3, 0.4) is 0 Å². The number of esters is 2. The molecule has 0 heterocycles. The molecule has 40 heavy (non-hydrogen) atoms. The number of carbonyl (C=O) groups is 2. The fourth-order valence-electron chi connectivity index (χ4n) is 4.20. The average Bonchev–Trinajstić information content (AvgIpc) is 2.99. The van der Waals surface area contributed by atoms with Gasteiger partial charge in [-0.15, -0.1) is 0 Å². The normalized spacial score (nSPS) is 10.6. The van der Waals surface area contributed by atoms with Gasteiger partial charge in [0.05, 0.1) is 26.4 Å². The monoisotopic (exact) mass is 544 g/mol. The van der Waals surface area contributed by atoms with Gasteiger partial charge in [-0.1, -0.05) is 43.5 Å². The van der Waals surface area contributed by atoms with E-state index in [1.165, 1.54) is 17.5 Å². The molecule has 3 rings (SSSR count). The first kappa shape index (κ1) is 30.5. The highest BCUT2D eigenvalue weighted by atomic mass is 16.5. The van der Waals surface area contributed by atoms with Crippen molar-refractivity contribution in [2.24, 2.45) is 0 Å². The molecule has 0 amide bonds. The molecule has 0 bridgehead atoms. The van der Waals surface area contributed by atoms with E-state index in [0.717, 1.165) is 79.4 Å². The number of ether oxygens (including phenoxy) is 4. The summed E-state index contributed by atoms with van der Waals surface area (Å²) >= 11 is 0. The van der Waals surface area contributed by atoms with Gasteiger partial charge in [0.25, 0.3) is 0 Å². The largest absolute Gasteiger partial charge is 0.494 e. The SMILES string of the molecule is C=CC(=O)OCCCCCCOc1ccc(-c2ccc3cc(OCCCCCCOC(=O)C=C)ccc3c2)cc1. The number of hydrogen-bond acceptors (Lipinski definition) is 6. The zero-order valence-electron chi connectivity index (χ0n) is 23.3. The van der Waals surface area contributed by atoms with Gasteiger partial charge in [-0.05, 0) is 104 Å². The summed E-state index contributed by atoms with van der Waals surface area (Å²) < 4.78 is 21.8. The summed E-state index contributed by atoms with van der Waals surface area (Å²) in [6.07, 6.45) is 10.1.